The Kier molecular flexibility index (Phi) is 4.02. The molecule has 0 radical (unpaired) electrons. The third-order valence-electron chi connectivity index (χ3n) is 3.63. The van der Waals surface area contributed by atoms with Gasteiger partial charge >= 0.3 is 5.97 Å². The molecule has 3 rings (SSSR count). The predicted molar refractivity (Wildman–Crippen MR) is 78.5 cm³/mol. The maximum absolute atomic E-state index is 13.0. The lowest BCUT2D eigenvalue weighted by Crippen LogP contribution is -2.38. The van der Waals surface area contributed by atoms with Crippen molar-refractivity contribution in [3.63, 3.8) is 0 Å². The number of halogens is 1. The number of morpholine rings is 1. The molecule has 1 aliphatic heterocycles. The highest BCUT2D eigenvalue weighted by atomic mass is 19.1. The highest BCUT2D eigenvalue weighted by molar-refractivity contribution is 5.87. The summed E-state index contributed by atoms with van der Waals surface area (Å²) in [4.78, 5) is 17.1. The van der Waals surface area contributed by atoms with Crippen molar-refractivity contribution in [2.75, 3.05) is 24.6 Å². The number of aromatic carboxylic acids is 1. The maximum atomic E-state index is 13.0. The molecule has 5 nitrogen and oxygen atoms in total. The van der Waals surface area contributed by atoms with Gasteiger partial charge in [0.2, 0.25) is 0 Å². The number of carbonyl (C=O) groups is 1. The molecule has 0 spiro atoms. The molecule has 0 bridgehead atoms. The van der Waals surface area contributed by atoms with Gasteiger partial charge < -0.3 is 14.7 Å². The predicted octanol–water partition coefficient (Wildman–Crippen LogP) is 2.50. The zero-order chi connectivity index (χ0) is 15.5. The lowest BCUT2D eigenvalue weighted by molar-refractivity contribution is 0.0395. The SMILES string of the molecule is O=C(O)c1ccc(N2CCOC(c3ccc(F)cc3)C2)nc1. The van der Waals surface area contributed by atoms with Crippen molar-refractivity contribution in [1.29, 1.82) is 0 Å². The fraction of sp³-hybridized carbons (Fsp3) is 0.250. The van der Waals surface area contributed by atoms with Crippen LogP contribution in [0, 0.1) is 5.82 Å². The van der Waals surface area contributed by atoms with Crippen molar-refractivity contribution in [1.82, 2.24) is 4.98 Å². The van der Waals surface area contributed by atoms with Crippen LogP contribution in [-0.4, -0.2) is 35.8 Å². The number of benzene rings is 1. The van der Waals surface area contributed by atoms with Crippen LogP contribution < -0.4 is 4.90 Å². The molecule has 22 heavy (non-hydrogen) atoms. The first-order valence-corrected chi connectivity index (χ1v) is 6.95. The highest BCUT2D eigenvalue weighted by Crippen LogP contribution is 2.25. The molecule has 0 amide bonds. The van der Waals surface area contributed by atoms with Crippen LogP contribution in [0.5, 0.6) is 0 Å². The van der Waals surface area contributed by atoms with Crippen molar-refractivity contribution in [2.24, 2.45) is 0 Å². The van der Waals surface area contributed by atoms with Crippen molar-refractivity contribution in [3.05, 3.63) is 59.5 Å². The molecule has 0 aliphatic carbocycles. The average molecular weight is 302 g/mol. The van der Waals surface area contributed by atoms with Crippen LogP contribution in [0.3, 0.4) is 0 Å². The maximum Gasteiger partial charge on any atom is 0.337 e. The van der Waals surface area contributed by atoms with E-state index in [9.17, 15) is 9.18 Å². The third-order valence-corrected chi connectivity index (χ3v) is 3.63. The Labute approximate surface area is 127 Å². The zero-order valence-electron chi connectivity index (χ0n) is 11.8. The van der Waals surface area contributed by atoms with E-state index >= 15 is 0 Å². The number of ether oxygens (including phenoxy) is 1. The second-order valence-corrected chi connectivity index (χ2v) is 5.07. The second-order valence-electron chi connectivity index (χ2n) is 5.07. The monoisotopic (exact) mass is 302 g/mol. The molecule has 1 atom stereocenters. The summed E-state index contributed by atoms with van der Waals surface area (Å²) in [6.07, 6.45) is 1.19. The molecule has 1 aromatic carbocycles. The van der Waals surface area contributed by atoms with Gasteiger partial charge in [0, 0.05) is 19.3 Å². The Bertz CT molecular complexity index is 658. The molecule has 1 unspecified atom stereocenters. The Morgan fingerprint density at radius 3 is 2.68 bits per heavy atom. The molecule has 0 saturated carbocycles. The number of hydrogen-bond donors (Lipinski definition) is 1. The summed E-state index contributed by atoms with van der Waals surface area (Å²) >= 11 is 0. The summed E-state index contributed by atoms with van der Waals surface area (Å²) in [5.74, 6) is -0.562. The van der Waals surface area contributed by atoms with Crippen LogP contribution in [0.15, 0.2) is 42.6 Å². The van der Waals surface area contributed by atoms with Crippen LogP contribution >= 0.6 is 0 Å². The minimum atomic E-state index is -0.995. The first-order chi connectivity index (χ1) is 10.6. The Hall–Kier alpha value is -2.47. The van der Waals surface area contributed by atoms with Crippen LogP contribution in [0.2, 0.25) is 0 Å². The molecule has 1 saturated heterocycles. The van der Waals surface area contributed by atoms with E-state index in [0.717, 1.165) is 5.56 Å². The fourth-order valence-electron chi connectivity index (χ4n) is 2.44. The fourth-order valence-corrected chi connectivity index (χ4v) is 2.44. The van der Waals surface area contributed by atoms with E-state index in [1.807, 2.05) is 4.90 Å². The van der Waals surface area contributed by atoms with E-state index in [4.69, 9.17) is 9.84 Å². The standard InChI is InChI=1S/C16H15FN2O3/c17-13-4-1-11(2-5-13)14-10-19(7-8-22-14)15-6-3-12(9-18-15)16(20)21/h1-6,9,14H,7-8,10H2,(H,20,21). The van der Waals surface area contributed by atoms with Gasteiger partial charge in [-0.25, -0.2) is 14.2 Å². The lowest BCUT2D eigenvalue weighted by atomic mass is 10.1. The van der Waals surface area contributed by atoms with Gasteiger partial charge in [0.25, 0.3) is 0 Å². The van der Waals surface area contributed by atoms with E-state index < -0.39 is 5.97 Å². The quantitative estimate of drug-likeness (QED) is 0.944. The molecule has 2 aromatic rings. The highest BCUT2D eigenvalue weighted by Gasteiger charge is 2.23. The van der Waals surface area contributed by atoms with Crippen LogP contribution in [-0.2, 0) is 4.74 Å². The third kappa shape index (κ3) is 3.07. The van der Waals surface area contributed by atoms with Crippen LogP contribution in [0.4, 0.5) is 10.2 Å². The van der Waals surface area contributed by atoms with E-state index in [1.54, 1.807) is 18.2 Å². The molecule has 6 heteroatoms. The van der Waals surface area contributed by atoms with E-state index in [0.29, 0.717) is 25.5 Å². The van der Waals surface area contributed by atoms with Crippen LogP contribution in [0.1, 0.15) is 22.0 Å². The molecular weight excluding hydrogens is 287 g/mol. The van der Waals surface area contributed by atoms with Crippen molar-refractivity contribution < 1.29 is 19.0 Å². The summed E-state index contributed by atoms with van der Waals surface area (Å²) < 4.78 is 18.7. The molecular formula is C16H15FN2O3. The van der Waals surface area contributed by atoms with Crippen LogP contribution in [0.25, 0.3) is 0 Å². The number of hydrogen-bond acceptors (Lipinski definition) is 4. The lowest BCUT2D eigenvalue weighted by Gasteiger charge is -2.34. The van der Waals surface area contributed by atoms with Gasteiger partial charge in [-0.15, -0.1) is 0 Å². The van der Waals surface area contributed by atoms with Gasteiger partial charge in [-0.2, -0.15) is 0 Å². The Morgan fingerprint density at radius 1 is 1.27 bits per heavy atom. The minimum absolute atomic E-state index is 0.157. The Balaban J connectivity index is 1.75. The zero-order valence-corrected chi connectivity index (χ0v) is 11.8. The number of carboxylic acids is 1. The first-order valence-electron chi connectivity index (χ1n) is 6.95. The number of nitrogens with zero attached hydrogens (tertiary/aromatic N) is 2. The number of aromatic nitrogens is 1. The number of carboxylic acid groups (broad SMARTS) is 1. The Morgan fingerprint density at radius 2 is 2.05 bits per heavy atom. The van der Waals surface area contributed by atoms with Gasteiger partial charge in [0.05, 0.1) is 12.2 Å². The van der Waals surface area contributed by atoms with Gasteiger partial charge in [0.15, 0.2) is 0 Å². The number of rotatable bonds is 3. The van der Waals surface area contributed by atoms with Gasteiger partial charge in [-0.05, 0) is 29.8 Å². The smallest absolute Gasteiger partial charge is 0.337 e. The number of anilines is 1. The van der Waals surface area contributed by atoms with E-state index in [1.165, 1.54) is 24.4 Å². The van der Waals surface area contributed by atoms with Crippen molar-refractivity contribution >= 4 is 11.8 Å². The van der Waals surface area contributed by atoms with Crippen molar-refractivity contribution in [2.45, 2.75) is 6.10 Å². The number of pyridine rings is 1. The summed E-state index contributed by atoms with van der Waals surface area (Å²) in [7, 11) is 0. The summed E-state index contributed by atoms with van der Waals surface area (Å²) in [5.41, 5.74) is 1.07. The second kappa shape index (κ2) is 6.11. The molecule has 1 aromatic heterocycles. The van der Waals surface area contributed by atoms with E-state index in [-0.39, 0.29) is 17.5 Å². The van der Waals surface area contributed by atoms with E-state index in [2.05, 4.69) is 4.98 Å². The molecule has 1 fully saturated rings. The van der Waals surface area contributed by atoms with Gasteiger partial charge in [-0.1, -0.05) is 12.1 Å². The van der Waals surface area contributed by atoms with Gasteiger partial charge in [0.1, 0.15) is 17.7 Å². The first kappa shape index (κ1) is 14.5. The van der Waals surface area contributed by atoms with Gasteiger partial charge in [-0.3, -0.25) is 0 Å². The largest absolute Gasteiger partial charge is 0.478 e. The molecule has 114 valence electrons. The molecule has 2 heterocycles. The topological polar surface area (TPSA) is 62.7 Å². The molecule has 1 N–H and O–H groups in total. The normalized spacial score (nSPS) is 18.2. The summed E-state index contributed by atoms with van der Waals surface area (Å²) in [5, 5.41) is 8.89. The minimum Gasteiger partial charge on any atom is -0.478 e. The summed E-state index contributed by atoms with van der Waals surface area (Å²) in [6, 6.07) is 9.48. The average Bonchev–Trinajstić information content (AvgIpc) is 2.56. The summed E-state index contributed by atoms with van der Waals surface area (Å²) in [6.45, 7) is 1.80. The van der Waals surface area contributed by atoms with Crippen molar-refractivity contribution in [3.8, 4) is 0 Å². The molecule has 1 aliphatic rings.